The average molecular weight is 372 g/mol. The van der Waals surface area contributed by atoms with Crippen molar-refractivity contribution in [2.24, 2.45) is 0 Å². The molecule has 1 aromatic heterocycles. The van der Waals surface area contributed by atoms with Crippen molar-refractivity contribution < 1.29 is 19.1 Å². The molecule has 28 heavy (non-hydrogen) atoms. The van der Waals surface area contributed by atoms with Gasteiger partial charge in [-0.05, 0) is 24.6 Å². The molecule has 1 heterocycles. The van der Waals surface area contributed by atoms with E-state index in [-0.39, 0.29) is 18.2 Å². The summed E-state index contributed by atoms with van der Waals surface area (Å²) in [5.41, 5.74) is 3.68. The van der Waals surface area contributed by atoms with Crippen molar-refractivity contribution in [1.29, 1.82) is 0 Å². The number of hydrogen-bond acceptors (Lipinski definition) is 4. The summed E-state index contributed by atoms with van der Waals surface area (Å²) >= 11 is 0. The topological polar surface area (TPSA) is 59.7 Å². The first-order chi connectivity index (χ1) is 13.7. The zero-order valence-electron chi connectivity index (χ0n) is 15.5. The van der Waals surface area contributed by atoms with Gasteiger partial charge in [0.05, 0.1) is 6.61 Å². The van der Waals surface area contributed by atoms with Gasteiger partial charge in [-0.1, -0.05) is 60.2 Å². The maximum atomic E-state index is 12.9. The number of aliphatic hydroxyl groups excluding tert-OH is 1. The molecule has 3 aromatic carbocycles. The van der Waals surface area contributed by atoms with Crippen LogP contribution in [-0.2, 0) is 13.2 Å². The molecule has 4 rings (SSSR count). The van der Waals surface area contributed by atoms with Gasteiger partial charge in [0, 0.05) is 22.6 Å². The molecule has 0 saturated heterocycles. The van der Waals surface area contributed by atoms with Crippen molar-refractivity contribution in [2.45, 2.75) is 20.1 Å². The Morgan fingerprint density at radius 2 is 1.75 bits per heavy atom. The molecule has 0 aliphatic carbocycles. The molecule has 0 spiro atoms. The van der Waals surface area contributed by atoms with Crippen LogP contribution >= 0.6 is 0 Å². The van der Waals surface area contributed by atoms with E-state index >= 15 is 0 Å². The highest BCUT2D eigenvalue weighted by Crippen LogP contribution is 2.31. The number of ketones is 1. The smallest absolute Gasteiger partial charge is 0.228 e. The minimum Gasteiger partial charge on any atom is -0.489 e. The fraction of sp³-hybridized carbons (Fsp3) is 0.125. The first-order valence-electron chi connectivity index (χ1n) is 9.10. The van der Waals surface area contributed by atoms with E-state index in [0.717, 1.165) is 11.1 Å². The van der Waals surface area contributed by atoms with Crippen molar-refractivity contribution in [2.75, 3.05) is 0 Å². The van der Waals surface area contributed by atoms with E-state index in [1.165, 1.54) is 0 Å². The van der Waals surface area contributed by atoms with Gasteiger partial charge in [0.2, 0.25) is 5.78 Å². The quantitative estimate of drug-likeness (QED) is 0.482. The van der Waals surface area contributed by atoms with Gasteiger partial charge >= 0.3 is 0 Å². The number of fused-ring (bicyclic) bond motifs is 1. The number of aliphatic hydroxyl groups is 1. The van der Waals surface area contributed by atoms with Crippen LogP contribution < -0.4 is 4.74 Å². The Labute approximate surface area is 163 Å². The molecule has 0 atom stereocenters. The van der Waals surface area contributed by atoms with Gasteiger partial charge in [0.15, 0.2) is 5.76 Å². The molecule has 0 saturated carbocycles. The standard InChI is InChI=1S/C24H20O4/c1-16-7-9-18(10-8-16)23(26)24-21(14-25)20-12-11-19(13-22(20)28-24)27-15-17-5-3-2-4-6-17/h2-13,25H,14-15H2,1H3. The van der Waals surface area contributed by atoms with Gasteiger partial charge in [-0.3, -0.25) is 4.79 Å². The molecule has 4 heteroatoms. The fourth-order valence-corrected chi connectivity index (χ4v) is 3.14. The van der Waals surface area contributed by atoms with E-state index in [4.69, 9.17) is 9.15 Å². The molecule has 0 bridgehead atoms. The van der Waals surface area contributed by atoms with Gasteiger partial charge in [0.25, 0.3) is 0 Å². The Hall–Kier alpha value is -3.37. The van der Waals surface area contributed by atoms with Crippen molar-refractivity contribution in [3.8, 4) is 5.75 Å². The number of rotatable bonds is 6. The Balaban J connectivity index is 1.64. The van der Waals surface area contributed by atoms with Crippen molar-refractivity contribution >= 4 is 16.8 Å². The number of hydrogen-bond donors (Lipinski definition) is 1. The Bertz CT molecular complexity index is 1110. The normalized spacial score (nSPS) is 10.9. The lowest BCUT2D eigenvalue weighted by Crippen LogP contribution is -2.03. The second-order valence-corrected chi connectivity index (χ2v) is 6.70. The summed E-state index contributed by atoms with van der Waals surface area (Å²) in [4.78, 5) is 12.9. The highest BCUT2D eigenvalue weighted by atomic mass is 16.5. The van der Waals surface area contributed by atoms with Crippen LogP contribution in [0.5, 0.6) is 5.75 Å². The third kappa shape index (κ3) is 3.55. The van der Waals surface area contributed by atoms with Crippen molar-refractivity contribution in [1.82, 2.24) is 0 Å². The van der Waals surface area contributed by atoms with Gasteiger partial charge < -0.3 is 14.3 Å². The summed E-state index contributed by atoms with van der Waals surface area (Å²) in [6, 6.07) is 22.5. The lowest BCUT2D eigenvalue weighted by atomic mass is 10.0. The number of ether oxygens (including phenoxy) is 1. The largest absolute Gasteiger partial charge is 0.489 e. The van der Waals surface area contributed by atoms with E-state index in [1.807, 2.05) is 61.5 Å². The number of carbonyl (C=O) groups excluding carboxylic acids is 1. The molecule has 0 unspecified atom stereocenters. The molecule has 0 amide bonds. The second-order valence-electron chi connectivity index (χ2n) is 6.70. The van der Waals surface area contributed by atoms with E-state index in [1.54, 1.807) is 18.2 Å². The van der Waals surface area contributed by atoms with E-state index in [0.29, 0.717) is 34.5 Å². The van der Waals surface area contributed by atoms with Gasteiger partial charge in [0.1, 0.15) is 17.9 Å². The minimum atomic E-state index is -0.274. The predicted octanol–water partition coefficient (Wildman–Crippen LogP) is 5.04. The number of carbonyl (C=O) groups is 1. The summed E-state index contributed by atoms with van der Waals surface area (Å²) in [6.45, 7) is 2.13. The Kier molecular flexibility index (Phi) is 4.96. The lowest BCUT2D eigenvalue weighted by molar-refractivity contribution is 0.101. The SMILES string of the molecule is Cc1ccc(C(=O)c2oc3cc(OCc4ccccc4)ccc3c2CO)cc1. The third-order valence-corrected chi connectivity index (χ3v) is 4.69. The van der Waals surface area contributed by atoms with Crippen LogP contribution in [0.4, 0.5) is 0 Å². The first kappa shape index (κ1) is 18.0. The van der Waals surface area contributed by atoms with Gasteiger partial charge in [-0.25, -0.2) is 0 Å². The third-order valence-electron chi connectivity index (χ3n) is 4.69. The molecule has 0 aliphatic heterocycles. The number of benzene rings is 3. The summed E-state index contributed by atoms with van der Waals surface area (Å²) in [5.74, 6) is 0.567. The summed E-state index contributed by atoms with van der Waals surface area (Å²) in [7, 11) is 0. The molecule has 0 fully saturated rings. The number of aryl methyl sites for hydroxylation is 1. The Morgan fingerprint density at radius 1 is 1.00 bits per heavy atom. The zero-order valence-corrected chi connectivity index (χ0v) is 15.5. The van der Waals surface area contributed by atoms with Crippen LogP contribution in [0.3, 0.4) is 0 Å². The van der Waals surface area contributed by atoms with Crippen LogP contribution in [0, 0.1) is 6.92 Å². The van der Waals surface area contributed by atoms with E-state index < -0.39 is 0 Å². The minimum absolute atomic E-state index is 0.168. The molecule has 0 radical (unpaired) electrons. The van der Waals surface area contributed by atoms with Crippen LogP contribution in [0.1, 0.15) is 32.8 Å². The molecule has 0 aliphatic rings. The van der Waals surface area contributed by atoms with Crippen LogP contribution in [0.2, 0.25) is 0 Å². The van der Waals surface area contributed by atoms with Crippen molar-refractivity contribution in [3.63, 3.8) is 0 Å². The Morgan fingerprint density at radius 3 is 2.46 bits per heavy atom. The molecule has 4 nitrogen and oxygen atoms in total. The molecular formula is C24H20O4. The number of furan rings is 1. The second kappa shape index (κ2) is 7.71. The fourth-order valence-electron chi connectivity index (χ4n) is 3.14. The highest BCUT2D eigenvalue weighted by Gasteiger charge is 2.21. The van der Waals surface area contributed by atoms with Crippen LogP contribution in [0.25, 0.3) is 11.0 Å². The predicted molar refractivity (Wildman–Crippen MR) is 108 cm³/mol. The maximum absolute atomic E-state index is 12.9. The summed E-state index contributed by atoms with van der Waals surface area (Å²) < 4.78 is 11.7. The molecule has 1 N–H and O–H groups in total. The lowest BCUT2D eigenvalue weighted by Gasteiger charge is -2.06. The summed E-state index contributed by atoms with van der Waals surface area (Å²) in [6.07, 6.45) is 0. The zero-order chi connectivity index (χ0) is 19.5. The van der Waals surface area contributed by atoms with E-state index in [9.17, 15) is 9.90 Å². The first-order valence-corrected chi connectivity index (χ1v) is 9.10. The highest BCUT2D eigenvalue weighted by molar-refractivity contribution is 6.10. The van der Waals surface area contributed by atoms with Gasteiger partial charge in [-0.2, -0.15) is 0 Å². The molecular weight excluding hydrogens is 352 g/mol. The average Bonchev–Trinajstić information content (AvgIpc) is 3.11. The van der Waals surface area contributed by atoms with Crippen LogP contribution in [0.15, 0.2) is 77.2 Å². The monoisotopic (exact) mass is 372 g/mol. The van der Waals surface area contributed by atoms with Crippen LogP contribution in [-0.4, -0.2) is 10.9 Å². The van der Waals surface area contributed by atoms with E-state index in [2.05, 4.69) is 0 Å². The molecule has 4 aromatic rings. The summed E-state index contributed by atoms with van der Waals surface area (Å²) in [5, 5.41) is 10.5. The molecule has 140 valence electrons. The van der Waals surface area contributed by atoms with Gasteiger partial charge in [-0.15, -0.1) is 0 Å². The van der Waals surface area contributed by atoms with Crippen molar-refractivity contribution in [3.05, 3.63) is 101 Å². The maximum Gasteiger partial charge on any atom is 0.228 e.